The molecule has 2 aromatic heterocycles. The Hall–Kier alpha value is -2.03. The lowest BCUT2D eigenvalue weighted by Crippen LogP contribution is -2.28. The molecular weight excluding hydrogens is 373 g/mol. The zero-order valence-corrected chi connectivity index (χ0v) is 12.4. The van der Waals surface area contributed by atoms with Crippen LogP contribution in [0.15, 0.2) is 44.3 Å². The number of hydrogen-bond donors (Lipinski definition) is 3. The number of fused-ring (bicyclic) bond motifs is 1. The second-order valence-electron chi connectivity index (χ2n) is 4.23. The molecule has 3 rings (SSSR count). The molecule has 0 unspecified atom stereocenters. The monoisotopic (exact) mass is 383 g/mol. The highest BCUT2D eigenvalue weighted by Crippen LogP contribution is 2.16. The lowest BCUT2D eigenvalue weighted by Gasteiger charge is -2.05. The van der Waals surface area contributed by atoms with Crippen molar-refractivity contribution in [2.45, 2.75) is 6.54 Å². The highest BCUT2D eigenvalue weighted by molar-refractivity contribution is 14.1. The molecule has 0 spiro atoms. The quantitative estimate of drug-likeness (QED) is 0.477. The van der Waals surface area contributed by atoms with Crippen molar-refractivity contribution in [2.24, 2.45) is 0 Å². The molecule has 0 fully saturated rings. The first-order chi connectivity index (χ1) is 9.61. The Balaban J connectivity index is 1.87. The van der Waals surface area contributed by atoms with Crippen molar-refractivity contribution < 1.29 is 4.42 Å². The highest BCUT2D eigenvalue weighted by Gasteiger charge is 2.02. The summed E-state index contributed by atoms with van der Waals surface area (Å²) in [5, 5.41) is 3.19. The summed E-state index contributed by atoms with van der Waals surface area (Å²) in [6.07, 6.45) is 0. The van der Waals surface area contributed by atoms with E-state index >= 15 is 0 Å². The van der Waals surface area contributed by atoms with Gasteiger partial charge in [-0.25, -0.2) is 0 Å². The van der Waals surface area contributed by atoms with E-state index in [-0.39, 0.29) is 0 Å². The van der Waals surface area contributed by atoms with Crippen molar-refractivity contribution >= 4 is 39.3 Å². The van der Waals surface area contributed by atoms with Crippen molar-refractivity contribution in [3.05, 3.63) is 60.6 Å². The standard InChI is InChI=1S/C13H10IN3O3/c14-11-4-2-8(20-11)6-15-7-1-3-9-10(5-7)17-13(19)12(18)16-9/h1-5,15H,6H2,(H,16,18)(H,17,19). The predicted octanol–water partition coefficient (Wildman–Crippen LogP) is 2.03. The Morgan fingerprint density at radius 3 is 2.50 bits per heavy atom. The molecule has 0 atom stereocenters. The Labute approximate surface area is 126 Å². The van der Waals surface area contributed by atoms with Gasteiger partial charge in [0, 0.05) is 5.69 Å². The Bertz CT molecular complexity index is 878. The van der Waals surface area contributed by atoms with Gasteiger partial charge in [0.15, 0.2) is 3.77 Å². The van der Waals surface area contributed by atoms with Crippen LogP contribution in [0.1, 0.15) is 5.76 Å². The molecule has 7 heteroatoms. The molecular formula is C13H10IN3O3. The number of H-pyrrole nitrogens is 2. The minimum Gasteiger partial charge on any atom is -0.454 e. The maximum absolute atomic E-state index is 11.3. The second-order valence-corrected chi connectivity index (χ2v) is 5.29. The number of nitrogens with one attached hydrogen (secondary N) is 3. The molecule has 0 saturated carbocycles. The van der Waals surface area contributed by atoms with E-state index in [0.29, 0.717) is 17.6 Å². The predicted molar refractivity (Wildman–Crippen MR) is 83.9 cm³/mol. The van der Waals surface area contributed by atoms with Gasteiger partial charge in [-0.3, -0.25) is 9.59 Å². The van der Waals surface area contributed by atoms with E-state index in [1.54, 1.807) is 12.1 Å². The van der Waals surface area contributed by atoms with Crippen LogP contribution in [0, 0.1) is 3.77 Å². The highest BCUT2D eigenvalue weighted by atomic mass is 127. The molecule has 2 heterocycles. The minimum absolute atomic E-state index is 0.544. The summed E-state index contributed by atoms with van der Waals surface area (Å²) in [4.78, 5) is 27.5. The first-order valence-corrected chi connectivity index (χ1v) is 6.94. The summed E-state index contributed by atoms with van der Waals surface area (Å²) >= 11 is 2.11. The third-order valence-electron chi connectivity index (χ3n) is 2.82. The van der Waals surface area contributed by atoms with Gasteiger partial charge in [0.25, 0.3) is 0 Å². The number of aromatic nitrogens is 2. The summed E-state index contributed by atoms with van der Waals surface area (Å²) in [5.74, 6) is 0.824. The maximum atomic E-state index is 11.3. The third-order valence-corrected chi connectivity index (χ3v) is 3.40. The van der Waals surface area contributed by atoms with E-state index in [1.807, 2.05) is 18.2 Å². The molecule has 0 bridgehead atoms. The molecule has 1 aromatic carbocycles. The number of halogens is 1. The Kier molecular flexibility index (Phi) is 3.35. The lowest BCUT2D eigenvalue weighted by atomic mass is 10.2. The van der Waals surface area contributed by atoms with Crippen molar-refractivity contribution in [1.29, 1.82) is 0 Å². The fourth-order valence-electron chi connectivity index (χ4n) is 1.86. The van der Waals surface area contributed by atoms with Gasteiger partial charge >= 0.3 is 11.1 Å². The van der Waals surface area contributed by atoms with E-state index < -0.39 is 11.1 Å². The van der Waals surface area contributed by atoms with Crippen molar-refractivity contribution in [2.75, 3.05) is 5.32 Å². The first-order valence-electron chi connectivity index (χ1n) is 5.86. The van der Waals surface area contributed by atoms with Gasteiger partial charge in [-0.05, 0) is 52.9 Å². The molecule has 3 N–H and O–H groups in total. The van der Waals surface area contributed by atoms with Gasteiger partial charge in [0.2, 0.25) is 0 Å². The van der Waals surface area contributed by atoms with Crippen LogP contribution in [0.2, 0.25) is 0 Å². The Morgan fingerprint density at radius 2 is 1.80 bits per heavy atom. The number of aromatic amines is 2. The first kappa shape index (κ1) is 13.0. The van der Waals surface area contributed by atoms with E-state index in [4.69, 9.17) is 4.42 Å². The van der Waals surface area contributed by atoms with Crippen LogP contribution in [0.5, 0.6) is 0 Å². The molecule has 20 heavy (non-hydrogen) atoms. The van der Waals surface area contributed by atoms with Gasteiger partial charge in [-0.15, -0.1) is 0 Å². The smallest absolute Gasteiger partial charge is 0.314 e. The largest absolute Gasteiger partial charge is 0.454 e. The van der Waals surface area contributed by atoms with Crippen LogP contribution >= 0.6 is 22.6 Å². The van der Waals surface area contributed by atoms with Gasteiger partial charge in [-0.2, -0.15) is 0 Å². The van der Waals surface area contributed by atoms with E-state index in [1.165, 1.54) is 0 Å². The van der Waals surface area contributed by atoms with Crippen molar-refractivity contribution in [3.63, 3.8) is 0 Å². The molecule has 0 radical (unpaired) electrons. The normalized spacial score (nSPS) is 10.8. The van der Waals surface area contributed by atoms with E-state index in [9.17, 15) is 9.59 Å². The van der Waals surface area contributed by atoms with Crippen LogP contribution in [0.3, 0.4) is 0 Å². The molecule has 0 saturated heterocycles. The minimum atomic E-state index is -0.657. The molecule has 0 aliphatic heterocycles. The van der Waals surface area contributed by atoms with Crippen LogP contribution in [0.25, 0.3) is 11.0 Å². The summed E-state index contributed by atoms with van der Waals surface area (Å²) < 4.78 is 6.28. The zero-order valence-electron chi connectivity index (χ0n) is 10.2. The lowest BCUT2D eigenvalue weighted by molar-refractivity contribution is 0.493. The van der Waals surface area contributed by atoms with Gasteiger partial charge < -0.3 is 19.7 Å². The molecule has 0 aliphatic rings. The molecule has 6 nitrogen and oxygen atoms in total. The van der Waals surface area contributed by atoms with Crippen LogP contribution in [-0.4, -0.2) is 9.97 Å². The van der Waals surface area contributed by atoms with Crippen LogP contribution in [-0.2, 0) is 6.54 Å². The van der Waals surface area contributed by atoms with Crippen LogP contribution < -0.4 is 16.4 Å². The van der Waals surface area contributed by atoms with Crippen LogP contribution in [0.4, 0.5) is 5.69 Å². The van der Waals surface area contributed by atoms with Crippen molar-refractivity contribution in [3.8, 4) is 0 Å². The molecule has 0 amide bonds. The molecule has 102 valence electrons. The van der Waals surface area contributed by atoms with Gasteiger partial charge in [0.05, 0.1) is 17.6 Å². The van der Waals surface area contributed by atoms with Gasteiger partial charge in [-0.1, -0.05) is 0 Å². The fraction of sp³-hybridized carbons (Fsp3) is 0.0769. The number of hydrogen-bond acceptors (Lipinski definition) is 4. The topological polar surface area (TPSA) is 90.9 Å². The average Bonchev–Trinajstić information content (AvgIpc) is 2.84. The molecule has 3 aromatic rings. The maximum Gasteiger partial charge on any atom is 0.314 e. The van der Waals surface area contributed by atoms with E-state index in [2.05, 4.69) is 37.9 Å². The number of anilines is 1. The van der Waals surface area contributed by atoms with Gasteiger partial charge in [0.1, 0.15) is 5.76 Å². The SMILES string of the molecule is O=c1[nH]c2ccc(NCc3ccc(I)o3)cc2[nH]c1=O. The second kappa shape index (κ2) is 5.16. The van der Waals surface area contributed by atoms with E-state index in [0.717, 1.165) is 15.2 Å². The summed E-state index contributed by atoms with van der Waals surface area (Å²) in [6.45, 7) is 0.544. The summed E-state index contributed by atoms with van der Waals surface area (Å²) in [5.41, 5.74) is 0.687. The fourth-order valence-corrected chi connectivity index (χ4v) is 2.32. The summed E-state index contributed by atoms with van der Waals surface area (Å²) in [7, 11) is 0. The third kappa shape index (κ3) is 2.62. The number of benzene rings is 1. The number of rotatable bonds is 3. The number of furan rings is 1. The zero-order chi connectivity index (χ0) is 14.1. The molecule has 0 aliphatic carbocycles. The average molecular weight is 383 g/mol. The Morgan fingerprint density at radius 1 is 1.05 bits per heavy atom. The van der Waals surface area contributed by atoms with Crippen molar-refractivity contribution in [1.82, 2.24) is 9.97 Å². The summed E-state index contributed by atoms with van der Waals surface area (Å²) in [6, 6.07) is 9.11.